The fourth-order valence-electron chi connectivity index (χ4n) is 0.616. The van der Waals surface area contributed by atoms with E-state index in [1.54, 1.807) is 0 Å². The molecule has 0 saturated heterocycles. The fraction of sp³-hybridized carbons (Fsp3) is 0. The van der Waals surface area contributed by atoms with Gasteiger partial charge in [-0.05, 0) is 17.7 Å². The van der Waals surface area contributed by atoms with Gasteiger partial charge in [0, 0.05) is 0 Å². The monoisotopic (exact) mass is 138 g/mol. The van der Waals surface area contributed by atoms with Gasteiger partial charge in [-0.1, -0.05) is 17.3 Å². The second-order valence-electron chi connectivity index (χ2n) is 1.80. The highest BCUT2D eigenvalue weighted by molar-refractivity contribution is 5.78. The minimum Gasteiger partial charge on any atom is -0.411 e. The first kappa shape index (κ1) is 6.74. The van der Waals surface area contributed by atoms with Crippen LogP contribution in [-0.2, 0) is 0 Å². The molecule has 10 heavy (non-hydrogen) atoms. The van der Waals surface area contributed by atoms with Crippen LogP contribution in [0.2, 0.25) is 0 Å². The van der Waals surface area contributed by atoms with Crippen LogP contribution >= 0.6 is 0 Å². The van der Waals surface area contributed by atoms with E-state index in [-0.39, 0.29) is 5.82 Å². The van der Waals surface area contributed by atoms with Crippen molar-refractivity contribution in [2.24, 2.45) is 5.16 Å². The molecule has 1 rings (SSSR count). The van der Waals surface area contributed by atoms with Crippen molar-refractivity contribution in [3.8, 4) is 0 Å². The van der Waals surface area contributed by atoms with Crippen LogP contribution in [-0.4, -0.2) is 11.4 Å². The summed E-state index contributed by atoms with van der Waals surface area (Å²) >= 11 is 0. The Bertz CT molecular complexity index is 230. The lowest BCUT2D eigenvalue weighted by molar-refractivity contribution is 0.322. The Kier molecular flexibility index (Phi) is 1.99. The zero-order chi connectivity index (χ0) is 7.40. The lowest BCUT2D eigenvalue weighted by Crippen LogP contribution is -1.80. The average Bonchev–Trinajstić information content (AvgIpc) is 1.95. The van der Waals surface area contributed by atoms with Crippen molar-refractivity contribution in [2.75, 3.05) is 0 Å². The van der Waals surface area contributed by atoms with Crippen molar-refractivity contribution < 1.29 is 9.60 Å². The van der Waals surface area contributed by atoms with Gasteiger partial charge in [0.15, 0.2) is 0 Å². The maximum Gasteiger partial charge on any atom is 0.123 e. The van der Waals surface area contributed by atoms with Gasteiger partial charge in [0.05, 0.1) is 6.21 Å². The fourth-order valence-corrected chi connectivity index (χ4v) is 0.616. The lowest BCUT2D eigenvalue weighted by Gasteiger charge is -1.88. The molecule has 0 aliphatic rings. The minimum atomic E-state index is -0.296. The van der Waals surface area contributed by atoms with Crippen molar-refractivity contribution in [2.45, 2.75) is 0 Å². The predicted octanol–water partition coefficient (Wildman–Crippen LogP) is 1.63. The minimum absolute atomic E-state index is 0.296. The number of nitrogens with zero attached hydrogens (tertiary/aromatic N) is 1. The molecule has 1 N–H and O–H groups in total. The van der Waals surface area contributed by atoms with E-state index in [0.717, 1.165) is 0 Å². The van der Waals surface area contributed by atoms with Gasteiger partial charge in [-0.15, -0.1) is 0 Å². The second kappa shape index (κ2) is 2.96. The molecule has 52 valence electrons. The molecule has 0 radical (unpaired) electrons. The third-order valence-electron chi connectivity index (χ3n) is 1.08. The standard InChI is InChI=1S/C7H6FNO/c8-7-3-1-6(2-4-7)5-9-10/h1-5,10H/b9-5+/i8-1. The van der Waals surface area contributed by atoms with Crippen LogP contribution in [0, 0.1) is 5.82 Å². The molecule has 3 heteroatoms. The van der Waals surface area contributed by atoms with Gasteiger partial charge in [0.1, 0.15) is 5.82 Å². The third-order valence-corrected chi connectivity index (χ3v) is 1.08. The van der Waals surface area contributed by atoms with Gasteiger partial charge in [-0.25, -0.2) is 4.39 Å². The molecule has 0 saturated carbocycles. The summed E-state index contributed by atoms with van der Waals surface area (Å²) in [5, 5.41) is 10.9. The first-order valence-electron chi connectivity index (χ1n) is 2.76. The van der Waals surface area contributed by atoms with E-state index in [9.17, 15) is 4.39 Å². The van der Waals surface area contributed by atoms with E-state index in [0.29, 0.717) is 5.56 Å². The van der Waals surface area contributed by atoms with Gasteiger partial charge in [-0.2, -0.15) is 0 Å². The molecule has 0 aliphatic heterocycles. The van der Waals surface area contributed by atoms with Crippen LogP contribution in [0.5, 0.6) is 0 Å². The zero-order valence-electron chi connectivity index (χ0n) is 5.16. The largest absolute Gasteiger partial charge is 0.411 e. The van der Waals surface area contributed by atoms with Gasteiger partial charge >= 0.3 is 0 Å². The first-order chi connectivity index (χ1) is 4.83. The predicted molar refractivity (Wildman–Crippen MR) is 35.8 cm³/mol. The van der Waals surface area contributed by atoms with Gasteiger partial charge in [0.2, 0.25) is 0 Å². The Morgan fingerprint density at radius 3 is 2.40 bits per heavy atom. The van der Waals surface area contributed by atoms with Crippen molar-refractivity contribution in [1.29, 1.82) is 0 Å². The third kappa shape index (κ3) is 1.55. The topological polar surface area (TPSA) is 32.6 Å². The lowest BCUT2D eigenvalue weighted by atomic mass is 10.2. The van der Waals surface area contributed by atoms with Crippen LogP contribution in [0.15, 0.2) is 29.4 Å². The molecule has 0 amide bonds. The number of hydrogen-bond donors (Lipinski definition) is 1. The van der Waals surface area contributed by atoms with E-state index < -0.39 is 0 Å². The molecule has 0 spiro atoms. The Labute approximate surface area is 57.6 Å². The molecule has 0 unspecified atom stereocenters. The Morgan fingerprint density at radius 2 is 1.90 bits per heavy atom. The number of hydrogen-bond acceptors (Lipinski definition) is 2. The van der Waals surface area contributed by atoms with E-state index in [1.165, 1.54) is 30.5 Å². The van der Waals surface area contributed by atoms with Crippen LogP contribution in [0.25, 0.3) is 0 Å². The van der Waals surface area contributed by atoms with Crippen molar-refractivity contribution in [3.63, 3.8) is 0 Å². The summed E-state index contributed by atoms with van der Waals surface area (Å²) in [5.74, 6) is -0.296. The zero-order valence-corrected chi connectivity index (χ0v) is 5.16. The maximum absolute atomic E-state index is 12.2. The molecule has 0 fully saturated rings. The molecule has 1 aromatic rings. The highest BCUT2D eigenvalue weighted by atomic mass is 18.2. The summed E-state index contributed by atoms with van der Waals surface area (Å²) in [5.41, 5.74) is 0.670. The van der Waals surface area contributed by atoms with Crippen LogP contribution in [0.3, 0.4) is 0 Å². The van der Waals surface area contributed by atoms with Crippen molar-refractivity contribution in [3.05, 3.63) is 35.6 Å². The molecule has 0 atom stereocenters. The van der Waals surface area contributed by atoms with Crippen LogP contribution < -0.4 is 0 Å². The molecule has 0 aromatic heterocycles. The molecule has 0 bridgehead atoms. The van der Waals surface area contributed by atoms with E-state index >= 15 is 0 Å². The summed E-state index contributed by atoms with van der Waals surface area (Å²) < 4.78 is 12.2. The number of benzene rings is 1. The number of rotatable bonds is 1. The Morgan fingerprint density at radius 1 is 1.30 bits per heavy atom. The summed E-state index contributed by atoms with van der Waals surface area (Å²) in [6, 6.07) is 5.65. The maximum atomic E-state index is 12.2. The van der Waals surface area contributed by atoms with E-state index in [2.05, 4.69) is 5.16 Å². The summed E-state index contributed by atoms with van der Waals surface area (Å²) in [4.78, 5) is 0. The SMILES string of the molecule is O/N=C/c1ccc([18F])cc1. The summed E-state index contributed by atoms with van der Waals surface area (Å²) in [6.45, 7) is 0. The summed E-state index contributed by atoms with van der Waals surface area (Å²) in [6.07, 6.45) is 1.24. The highest BCUT2D eigenvalue weighted by Gasteiger charge is 1.87. The van der Waals surface area contributed by atoms with Crippen LogP contribution in [0.1, 0.15) is 5.56 Å². The van der Waals surface area contributed by atoms with E-state index in [1.807, 2.05) is 0 Å². The number of halogens is 1. The molecule has 1 aromatic carbocycles. The average molecular weight is 138 g/mol. The molecule has 0 heterocycles. The van der Waals surface area contributed by atoms with Crippen LogP contribution in [0.4, 0.5) is 4.39 Å². The first-order valence-corrected chi connectivity index (χ1v) is 2.76. The molecular formula is C7H6FNO. The van der Waals surface area contributed by atoms with Gasteiger partial charge in [0.25, 0.3) is 0 Å². The number of oxime groups is 1. The smallest absolute Gasteiger partial charge is 0.123 e. The van der Waals surface area contributed by atoms with Gasteiger partial charge < -0.3 is 5.21 Å². The molecular weight excluding hydrogens is 132 g/mol. The van der Waals surface area contributed by atoms with E-state index in [4.69, 9.17) is 5.21 Å². The van der Waals surface area contributed by atoms with Gasteiger partial charge in [-0.3, -0.25) is 0 Å². The molecule has 0 aliphatic carbocycles. The summed E-state index contributed by atoms with van der Waals surface area (Å²) in [7, 11) is 0. The Hall–Kier alpha value is -1.38. The van der Waals surface area contributed by atoms with Crippen molar-refractivity contribution in [1.82, 2.24) is 0 Å². The van der Waals surface area contributed by atoms with Crippen molar-refractivity contribution >= 4 is 6.21 Å². The highest BCUT2D eigenvalue weighted by Crippen LogP contribution is 1.99. The molecule has 2 nitrogen and oxygen atoms in total. The quantitative estimate of drug-likeness (QED) is 0.357. The normalized spacial score (nSPS) is 10.5. The second-order valence-corrected chi connectivity index (χ2v) is 1.80. The Balaban J connectivity index is 2.89.